The molecule has 0 amide bonds. The standard InChI is InChI=1S/C7H12O2S/c1-7(9)10-6-4-2-3-5-8/h5H,2-4,6H2,1H3. The lowest BCUT2D eigenvalue weighted by Gasteiger charge is -1.93. The molecule has 0 saturated heterocycles. The summed E-state index contributed by atoms with van der Waals surface area (Å²) in [5.74, 6) is 0.850. The van der Waals surface area contributed by atoms with E-state index in [9.17, 15) is 9.59 Å². The van der Waals surface area contributed by atoms with Crippen molar-refractivity contribution in [2.24, 2.45) is 0 Å². The fourth-order valence-electron chi connectivity index (χ4n) is 0.546. The lowest BCUT2D eigenvalue weighted by atomic mass is 10.3. The number of hydrogen-bond donors (Lipinski definition) is 0. The minimum Gasteiger partial charge on any atom is -0.303 e. The van der Waals surface area contributed by atoms with E-state index < -0.39 is 0 Å². The minimum absolute atomic E-state index is 0.158. The van der Waals surface area contributed by atoms with Crippen LogP contribution in [0.3, 0.4) is 0 Å². The second-order valence-corrected chi connectivity index (χ2v) is 3.27. The maximum absolute atomic E-state index is 10.4. The maximum Gasteiger partial charge on any atom is 0.185 e. The van der Waals surface area contributed by atoms with E-state index in [1.54, 1.807) is 6.92 Å². The molecule has 0 aliphatic heterocycles. The highest BCUT2D eigenvalue weighted by molar-refractivity contribution is 8.13. The lowest BCUT2D eigenvalue weighted by molar-refractivity contribution is -0.109. The third-order valence-corrected chi connectivity index (χ3v) is 1.92. The van der Waals surface area contributed by atoms with Crippen molar-refractivity contribution in [1.82, 2.24) is 0 Å². The highest BCUT2D eigenvalue weighted by Gasteiger charge is 1.92. The first-order valence-electron chi connectivity index (χ1n) is 3.34. The molecule has 0 aromatic heterocycles. The van der Waals surface area contributed by atoms with Crippen LogP contribution in [0.2, 0.25) is 0 Å². The summed E-state index contributed by atoms with van der Waals surface area (Å²) in [4.78, 5) is 20.2. The van der Waals surface area contributed by atoms with Crippen LogP contribution in [-0.4, -0.2) is 17.2 Å². The quantitative estimate of drug-likeness (QED) is 0.453. The van der Waals surface area contributed by atoms with Crippen LogP contribution in [-0.2, 0) is 9.59 Å². The maximum atomic E-state index is 10.4. The summed E-state index contributed by atoms with van der Waals surface area (Å²) in [6.45, 7) is 1.56. The van der Waals surface area contributed by atoms with Gasteiger partial charge in [-0.3, -0.25) is 4.79 Å². The van der Waals surface area contributed by atoms with E-state index in [4.69, 9.17) is 0 Å². The van der Waals surface area contributed by atoms with Crippen molar-refractivity contribution in [2.45, 2.75) is 26.2 Å². The van der Waals surface area contributed by atoms with Crippen LogP contribution in [0, 0.1) is 0 Å². The largest absolute Gasteiger partial charge is 0.303 e. The van der Waals surface area contributed by atoms with Gasteiger partial charge < -0.3 is 4.79 Å². The fourth-order valence-corrected chi connectivity index (χ4v) is 1.18. The molecule has 0 heterocycles. The molecule has 0 aromatic rings. The average molecular weight is 160 g/mol. The van der Waals surface area contributed by atoms with Gasteiger partial charge in [-0.2, -0.15) is 0 Å². The molecule has 0 spiro atoms. The molecule has 0 aliphatic carbocycles. The summed E-state index contributed by atoms with van der Waals surface area (Å²) in [6.07, 6.45) is 3.41. The molecule has 0 rings (SSSR count). The van der Waals surface area contributed by atoms with Crippen molar-refractivity contribution in [1.29, 1.82) is 0 Å². The van der Waals surface area contributed by atoms with E-state index in [0.717, 1.165) is 24.9 Å². The summed E-state index contributed by atoms with van der Waals surface area (Å²) >= 11 is 1.33. The summed E-state index contributed by atoms with van der Waals surface area (Å²) < 4.78 is 0. The Balaban J connectivity index is 2.90. The minimum atomic E-state index is 0.158. The van der Waals surface area contributed by atoms with Crippen LogP contribution in [0.25, 0.3) is 0 Å². The third-order valence-electron chi connectivity index (χ3n) is 1.02. The zero-order chi connectivity index (χ0) is 7.82. The van der Waals surface area contributed by atoms with Crippen molar-refractivity contribution < 1.29 is 9.59 Å². The average Bonchev–Trinajstić information content (AvgIpc) is 1.87. The normalized spacial score (nSPS) is 9.30. The number of unbranched alkanes of at least 4 members (excludes halogenated alkanes) is 2. The van der Waals surface area contributed by atoms with Crippen molar-refractivity contribution in [3.8, 4) is 0 Å². The SMILES string of the molecule is CC(=O)SCCCCC=O. The Morgan fingerprint density at radius 3 is 2.70 bits per heavy atom. The molecule has 58 valence electrons. The zero-order valence-corrected chi connectivity index (χ0v) is 6.95. The molecule has 0 radical (unpaired) electrons. The van der Waals surface area contributed by atoms with Crippen molar-refractivity contribution in [3.05, 3.63) is 0 Å². The molecule has 0 fully saturated rings. The Morgan fingerprint density at radius 2 is 2.20 bits per heavy atom. The molecule has 0 N–H and O–H groups in total. The second kappa shape index (κ2) is 6.81. The van der Waals surface area contributed by atoms with Gasteiger partial charge in [0.05, 0.1) is 0 Å². The predicted molar refractivity (Wildman–Crippen MR) is 43.1 cm³/mol. The lowest BCUT2D eigenvalue weighted by Crippen LogP contribution is -1.86. The predicted octanol–water partition coefficient (Wildman–Crippen LogP) is 1.64. The fraction of sp³-hybridized carbons (Fsp3) is 0.714. The number of hydrogen-bond acceptors (Lipinski definition) is 3. The summed E-state index contributed by atoms with van der Waals surface area (Å²) in [7, 11) is 0. The Bertz CT molecular complexity index is 112. The van der Waals surface area contributed by atoms with E-state index in [-0.39, 0.29) is 5.12 Å². The second-order valence-electron chi connectivity index (χ2n) is 2.00. The molecule has 0 atom stereocenters. The Labute approximate surface area is 65.4 Å². The number of rotatable bonds is 5. The smallest absolute Gasteiger partial charge is 0.185 e. The van der Waals surface area contributed by atoms with E-state index in [2.05, 4.69) is 0 Å². The van der Waals surface area contributed by atoms with Gasteiger partial charge in [-0.15, -0.1) is 0 Å². The van der Waals surface area contributed by atoms with Crippen LogP contribution in [0.1, 0.15) is 26.2 Å². The Morgan fingerprint density at radius 1 is 1.50 bits per heavy atom. The summed E-state index contributed by atoms with van der Waals surface area (Å²) in [5, 5.41) is 0.158. The van der Waals surface area contributed by atoms with Crippen molar-refractivity contribution in [3.63, 3.8) is 0 Å². The van der Waals surface area contributed by atoms with Crippen LogP contribution in [0.4, 0.5) is 0 Å². The summed E-state index contributed by atoms with van der Waals surface area (Å²) in [5.41, 5.74) is 0. The summed E-state index contributed by atoms with van der Waals surface area (Å²) in [6, 6.07) is 0. The van der Waals surface area contributed by atoms with Gasteiger partial charge in [0, 0.05) is 19.1 Å². The molecule has 0 bridgehead atoms. The molecular weight excluding hydrogens is 148 g/mol. The number of aldehydes is 1. The number of carbonyl (C=O) groups is 2. The molecular formula is C7H12O2S. The molecule has 2 nitrogen and oxygen atoms in total. The van der Waals surface area contributed by atoms with E-state index >= 15 is 0 Å². The van der Waals surface area contributed by atoms with Crippen LogP contribution in [0.15, 0.2) is 0 Å². The monoisotopic (exact) mass is 160 g/mol. The van der Waals surface area contributed by atoms with Gasteiger partial charge in [-0.25, -0.2) is 0 Å². The molecule has 3 heteroatoms. The molecule has 0 aliphatic rings. The molecule has 0 saturated carbocycles. The van der Waals surface area contributed by atoms with Crippen molar-refractivity contribution >= 4 is 23.2 Å². The number of carbonyl (C=O) groups excluding carboxylic acids is 2. The van der Waals surface area contributed by atoms with Gasteiger partial charge in [-0.1, -0.05) is 11.8 Å². The first kappa shape index (κ1) is 9.69. The van der Waals surface area contributed by atoms with Crippen LogP contribution < -0.4 is 0 Å². The Kier molecular flexibility index (Phi) is 6.59. The van der Waals surface area contributed by atoms with E-state index in [1.165, 1.54) is 11.8 Å². The first-order chi connectivity index (χ1) is 4.77. The van der Waals surface area contributed by atoms with Gasteiger partial charge in [0.15, 0.2) is 5.12 Å². The third kappa shape index (κ3) is 7.69. The van der Waals surface area contributed by atoms with Crippen LogP contribution in [0.5, 0.6) is 0 Å². The molecule has 10 heavy (non-hydrogen) atoms. The van der Waals surface area contributed by atoms with Gasteiger partial charge in [0.1, 0.15) is 6.29 Å². The number of thioether (sulfide) groups is 1. The van der Waals surface area contributed by atoms with Crippen molar-refractivity contribution in [2.75, 3.05) is 5.75 Å². The highest BCUT2D eigenvalue weighted by atomic mass is 32.2. The van der Waals surface area contributed by atoms with E-state index in [1.807, 2.05) is 0 Å². The van der Waals surface area contributed by atoms with Gasteiger partial charge >= 0.3 is 0 Å². The topological polar surface area (TPSA) is 34.1 Å². The highest BCUT2D eigenvalue weighted by Crippen LogP contribution is 2.05. The van der Waals surface area contributed by atoms with Gasteiger partial charge in [-0.05, 0) is 12.8 Å². The zero-order valence-electron chi connectivity index (χ0n) is 6.13. The van der Waals surface area contributed by atoms with E-state index in [0.29, 0.717) is 6.42 Å². The van der Waals surface area contributed by atoms with Gasteiger partial charge in [0.25, 0.3) is 0 Å². The molecule has 0 unspecified atom stereocenters. The van der Waals surface area contributed by atoms with Crippen LogP contribution >= 0.6 is 11.8 Å². The Hall–Kier alpha value is -0.310. The van der Waals surface area contributed by atoms with Gasteiger partial charge in [0.2, 0.25) is 0 Å². The first-order valence-corrected chi connectivity index (χ1v) is 4.33. The molecule has 0 aromatic carbocycles.